The molecule has 0 bridgehead atoms. The summed E-state index contributed by atoms with van der Waals surface area (Å²) >= 11 is 0. The zero-order valence-corrected chi connectivity index (χ0v) is 19.0. The summed E-state index contributed by atoms with van der Waals surface area (Å²) in [5.74, 6) is 0.128. The van der Waals surface area contributed by atoms with Crippen LogP contribution in [0, 0.1) is 5.82 Å². The van der Waals surface area contributed by atoms with Gasteiger partial charge in [-0.2, -0.15) is 0 Å². The highest BCUT2D eigenvalue weighted by Crippen LogP contribution is 2.28. The lowest BCUT2D eigenvalue weighted by atomic mass is 10.1. The molecule has 1 aliphatic rings. The topological polar surface area (TPSA) is 91.5 Å². The molecular weight excluding hydrogens is 433 g/mol. The molecule has 2 aromatic heterocycles. The van der Waals surface area contributed by atoms with Crippen LogP contribution in [0.4, 0.5) is 10.2 Å². The molecule has 174 valence electrons. The van der Waals surface area contributed by atoms with Gasteiger partial charge in [0.2, 0.25) is 0 Å². The second-order valence-corrected chi connectivity index (χ2v) is 9.31. The van der Waals surface area contributed by atoms with Crippen molar-refractivity contribution in [3.8, 4) is 22.5 Å². The molecule has 0 unspecified atom stereocenters. The van der Waals surface area contributed by atoms with Crippen LogP contribution in [0.25, 0.3) is 28.2 Å². The van der Waals surface area contributed by atoms with Crippen molar-refractivity contribution in [2.45, 2.75) is 38.3 Å². The van der Waals surface area contributed by atoms with E-state index in [9.17, 15) is 14.3 Å². The van der Waals surface area contributed by atoms with Gasteiger partial charge in [0, 0.05) is 35.5 Å². The molecule has 5 rings (SSSR count). The van der Waals surface area contributed by atoms with Crippen LogP contribution in [-0.4, -0.2) is 43.6 Å². The number of anilines is 1. The van der Waals surface area contributed by atoms with Gasteiger partial charge in [0.25, 0.3) is 5.91 Å². The Balaban J connectivity index is 1.55. The summed E-state index contributed by atoms with van der Waals surface area (Å²) in [7, 11) is 0. The van der Waals surface area contributed by atoms with Gasteiger partial charge in [0.1, 0.15) is 5.82 Å². The summed E-state index contributed by atoms with van der Waals surface area (Å²) < 4.78 is 15.4. The first-order valence-corrected chi connectivity index (χ1v) is 11.3. The van der Waals surface area contributed by atoms with E-state index in [-0.39, 0.29) is 18.3 Å². The highest BCUT2D eigenvalue weighted by molar-refractivity contribution is 5.95. The third kappa shape index (κ3) is 4.77. The molecule has 3 N–H and O–H groups in total. The molecule has 7 nitrogen and oxygen atoms in total. The van der Waals surface area contributed by atoms with Gasteiger partial charge in [0.15, 0.2) is 11.5 Å². The van der Waals surface area contributed by atoms with Crippen molar-refractivity contribution in [1.82, 2.24) is 19.7 Å². The van der Waals surface area contributed by atoms with E-state index in [2.05, 4.69) is 15.6 Å². The Labute approximate surface area is 196 Å². The Hall–Kier alpha value is -3.78. The number of nitrogens with zero attached hydrogens (tertiary/aromatic N) is 3. The Morgan fingerprint density at radius 3 is 2.44 bits per heavy atom. The quantitative estimate of drug-likeness (QED) is 0.384. The minimum absolute atomic E-state index is 0.0620. The zero-order chi connectivity index (χ0) is 23.9. The third-order valence-electron chi connectivity index (χ3n) is 5.68. The van der Waals surface area contributed by atoms with Gasteiger partial charge < -0.3 is 15.7 Å². The van der Waals surface area contributed by atoms with Crippen molar-refractivity contribution in [1.29, 1.82) is 0 Å². The molecule has 0 radical (unpaired) electrons. The monoisotopic (exact) mass is 459 g/mol. The van der Waals surface area contributed by atoms with E-state index in [1.807, 2.05) is 34.9 Å². The molecule has 8 heteroatoms. The fraction of sp³-hybridized carbons (Fsp3) is 0.269. The fourth-order valence-electron chi connectivity index (χ4n) is 3.67. The number of rotatable bonds is 7. The number of nitrogens with one attached hydrogen (secondary N) is 2. The van der Waals surface area contributed by atoms with Gasteiger partial charge in [-0.1, -0.05) is 12.1 Å². The predicted molar refractivity (Wildman–Crippen MR) is 129 cm³/mol. The van der Waals surface area contributed by atoms with Gasteiger partial charge in [-0.25, -0.2) is 14.4 Å². The number of benzene rings is 2. The van der Waals surface area contributed by atoms with Crippen LogP contribution < -0.4 is 10.6 Å². The lowest BCUT2D eigenvalue weighted by molar-refractivity contribution is 0.0940. The maximum Gasteiger partial charge on any atom is 0.251 e. The van der Waals surface area contributed by atoms with E-state index in [1.54, 1.807) is 32.2 Å². The van der Waals surface area contributed by atoms with Gasteiger partial charge in [-0.15, -0.1) is 0 Å². The molecule has 2 heterocycles. The van der Waals surface area contributed by atoms with Crippen molar-refractivity contribution in [2.24, 2.45) is 0 Å². The summed E-state index contributed by atoms with van der Waals surface area (Å²) in [6.45, 7) is 3.69. The normalized spacial score (nSPS) is 13.8. The molecule has 4 aromatic rings. The maximum absolute atomic E-state index is 13.5. The van der Waals surface area contributed by atoms with Crippen molar-refractivity contribution < 1.29 is 14.3 Å². The van der Waals surface area contributed by atoms with Crippen LogP contribution in [0.1, 0.15) is 37.0 Å². The van der Waals surface area contributed by atoms with E-state index in [4.69, 9.17) is 4.98 Å². The number of aliphatic hydroxyl groups is 1. The number of halogens is 1. The first-order chi connectivity index (χ1) is 16.3. The summed E-state index contributed by atoms with van der Waals surface area (Å²) in [4.78, 5) is 21.6. The van der Waals surface area contributed by atoms with Crippen LogP contribution in [-0.2, 0) is 0 Å². The highest BCUT2D eigenvalue weighted by Gasteiger charge is 2.24. The number of carbonyl (C=O) groups excluding carboxylic acids is 1. The number of hydrogen-bond donors (Lipinski definition) is 3. The zero-order valence-electron chi connectivity index (χ0n) is 19.0. The Bertz CT molecular complexity index is 1340. The molecule has 0 spiro atoms. The molecule has 1 saturated carbocycles. The molecule has 1 aliphatic carbocycles. The number of aromatic nitrogens is 3. The lowest BCUT2D eigenvalue weighted by Crippen LogP contribution is -2.29. The van der Waals surface area contributed by atoms with Gasteiger partial charge in [-0.3, -0.25) is 9.20 Å². The molecule has 2 aromatic carbocycles. The van der Waals surface area contributed by atoms with Crippen molar-refractivity contribution in [3.05, 3.63) is 72.3 Å². The number of fused-ring (bicyclic) bond motifs is 1. The molecule has 1 amide bonds. The Morgan fingerprint density at radius 2 is 1.79 bits per heavy atom. The Kier molecular flexibility index (Phi) is 5.53. The van der Waals surface area contributed by atoms with Crippen LogP contribution >= 0.6 is 0 Å². The average Bonchev–Trinajstić information content (AvgIpc) is 3.52. The van der Waals surface area contributed by atoms with Crippen molar-refractivity contribution in [2.75, 3.05) is 11.9 Å². The molecule has 0 atom stereocenters. The van der Waals surface area contributed by atoms with Gasteiger partial charge in [0.05, 0.1) is 23.2 Å². The van der Waals surface area contributed by atoms with Crippen LogP contribution in [0.15, 0.2) is 60.9 Å². The fourth-order valence-corrected chi connectivity index (χ4v) is 3.67. The van der Waals surface area contributed by atoms with E-state index in [0.29, 0.717) is 28.8 Å². The SMILES string of the molecule is CC(C)(O)CNc1nc(-c2ccc(F)cc2)cn2c(-c3ccc(C(=O)NC4CC4)cc3)cnc12. The molecule has 0 saturated heterocycles. The van der Waals surface area contributed by atoms with Gasteiger partial charge >= 0.3 is 0 Å². The first kappa shape index (κ1) is 22.0. The molecule has 1 fully saturated rings. The van der Waals surface area contributed by atoms with Crippen LogP contribution in [0.5, 0.6) is 0 Å². The first-order valence-electron chi connectivity index (χ1n) is 11.3. The number of amides is 1. The van der Waals surface area contributed by atoms with Crippen LogP contribution in [0.2, 0.25) is 0 Å². The highest BCUT2D eigenvalue weighted by atomic mass is 19.1. The van der Waals surface area contributed by atoms with Crippen molar-refractivity contribution in [3.63, 3.8) is 0 Å². The average molecular weight is 460 g/mol. The molecular formula is C26H26FN5O2. The smallest absolute Gasteiger partial charge is 0.251 e. The van der Waals surface area contributed by atoms with Crippen LogP contribution in [0.3, 0.4) is 0 Å². The third-order valence-corrected chi connectivity index (χ3v) is 5.68. The second kappa shape index (κ2) is 8.53. The number of carbonyl (C=O) groups is 1. The van der Waals surface area contributed by atoms with Gasteiger partial charge in [-0.05, 0) is 63.1 Å². The minimum Gasteiger partial charge on any atom is -0.389 e. The number of hydrogen-bond acceptors (Lipinski definition) is 5. The Morgan fingerprint density at radius 1 is 1.12 bits per heavy atom. The van der Waals surface area contributed by atoms with E-state index in [1.165, 1.54) is 12.1 Å². The summed E-state index contributed by atoms with van der Waals surface area (Å²) in [6.07, 6.45) is 5.69. The summed E-state index contributed by atoms with van der Waals surface area (Å²) in [6, 6.07) is 13.8. The van der Waals surface area contributed by atoms with E-state index >= 15 is 0 Å². The summed E-state index contributed by atoms with van der Waals surface area (Å²) in [5, 5.41) is 16.4. The standard InChI is InChI=1S/C26H26FN5O2/c1-26(2,34)15-29-23-24-28-13-22(17-3-5-18(6-4-17)25(33)30-20-11-12-20)32(24)14-21(31-23)16-7-9-19(27)10-8-16/h3-10,13-14,20,34H,11-12,15H2,1-2H3,(H,29,31)(H,30,33). The summed E-state index contributed by atoms with van der Waals surface area (Å²) in [5.41, 5.74) is 3.36. The van der Waals surface area contributed by atoms with Crippen molar-refractivity contribution >= 4 is 17.4 Å². The predicted octanol–water partition coefficient (Wildman–Crippen LogP) is 4.28. The molecule has 0 aliphatic heterocycles. The largest absolute Gasteiger partial charge is 0.389 e. The second-order valence-electron chi connectivity index (χ2n) is 9.31. The van der Waals surface area contributed by atoms with E-state index in [0.717, 1.165) is 29.7 Å². The lowest BCUT2D eigenvalue weighted by Gasteiger charge is -2.19. The maximum atomic E-state index is 13.5. The minimum atomic E-state index is -0.948. The molecule has 34 heavy (non-hydrogen) atoms. The van der Waals surface area contributed by atoms with E-state index < -0.39 is 5.60 Å². The number of imidazole rings is 1.